The van der Waals surface area contributed by atoms with E-state index >= 15 is 0 Å². The molecule has 0 aromatic heterocycles. The lowest BCUT2D eigenvalue weighted by atomic mass is 9.79. The van der Waals surface area contributed by atoms with Crippen LogP contribution in [0.15, 0.2) is 0 Å². The maximum absolute atomic E-state index is 10.8. The van der Waals surface area contributed by atoms with E-state index in [1.807, 2.05) is 13.8 Å². The molecule has 0 bridgehead atoms. The van der Waals surface area contributed by atoms with Crippen LogP contribution in [0.1, 0.15) is 20.3 Å². The van der Waals surface area contributed by atoms with Gasteiger partial charge < -0.3 is 14.8 Å². The van der Waals surface area contributed by atoms with Crippen molar-refractivity contribution in [2.75, 3.05) is 20.1 Å². The molecule has 0 saturated carbocycles. The molecule has 4 nitrogen and oxygen atoms in total. The monoisotopic (exact) mass is 201 g/mol. The Bertz CT molecular complexity index is 204. The van der Waals surface area contributed by atoms with Crippen LogP contribution in [0.3, 0.4) is 0 Å². The van der Waals surface area contributed by atoms with E-state index in [-0.39, 0.29) is 11.3 Å². The molecule has 1 aliphatic heterocycles. The van der Waals surface area contributed by atoms with E-state index in [0.29, 0.717) is 6.54 Å². The van der Waals surface area contributed by atoms with Crippen LogP contribution in [0.2, 0.25) is 0 Å². The molecular weight excluding hydrogens is 182 g/mol. The molecule has 1 aliphatic rings. The number of likely N-dealkylation sites (tertiary alicyclic amines) is 1. The highest BCUT2D eigenvalue weighted by Crippen LogP contribution is 2.31. The summed E-state index contributed by atoms with van der Waals surface area (Å²) >= 11 is 0. The highest BCUT2D eigenvalue weighted by atomic mass is 16.4. The van der Waals surface area contributed by atoms with Crippen molar-refractivity contribution in [2.24, 2.45) is 11.3 Å². The van der Waals surface area contributed by atoms with Crippen LogP contribution in [-0.4, -0.2) is 42.9 Å². The SMILES string of the molecule is C=O.CN1CC(C(=O)O)CC(C)(C)C1. The summed E-state index contributed by atoms with van der Waals surface area (Å²) in [5, 5.41) is 8.86. The van der Waals surface area contributed by atoms with Gasteiger partial charge in [-0.05, 0) is 18.9 Å². The van der Waals surface area contributed by atoms with Gasteiger partial charge in [0.05, 0.1) is 5.92 Å². The number of carbonyl (C=O) groups is 2. The fraction of sp³-hybridized carbons (Fsp3) is 0.800. The van der Waals surface area contributed by atoms with Crippen LogP contribution in [0.4, 0.5) is 0 Å². The third-order valence-corrected chi connectivity index (χ3v) is 2.38. The summed E-state index contributed by atoms with van der Waals surface area (Å²) in [6.45, 7) is 7.94. The summed E-state index contributed by atoms with van der Waals surface area (Å²) in [5.74, 6) is -0.839. The van der Waals surface area contributed by atoms with Crippen molar-refractivity contribution in [2.45, 2.75) is 20.3 Å². The van der Waals surface area contributed by atoms with Crippen molar-refractivity contribution < 1.29 is 14.7 Å². The quantitative estimate of drug-likeness (QED) is 0.683. The second kappa shape index (κ2) is 5.10. The Labute approximate surface area is 84.9 Å². The Hall–Kier alpha value is -0.900. The Morgan fingerprint density at radius 1 is 1.50 bits per heavy atom. The summed E-state index contributed by atoms with van der Waals surface area (Å²) in [6.07, 6.45) is 0.798. The first-order chi connectivity index (χ1) is 6.41. The number of rotatable bonds is 1. The number of aliphatic carboxylic acids is 1. The lowest BCUT2D eigenvalue weighted by molar-refractivity contribution is -0.145. The predicted octanol–water partition coefficient (Wildman–Crippen LogP) is 0.864. The van der Waals surface area contributed by atoms with E-state index in [1.165, 1.54) is 0 Å². The smallest absolute Gasteiger partial charge is 0.307 e. The zero-order valence-corrected chi connectivity index (χ0v) is 9.12. The number of hydrogen-bond donors (Lipinski definition) is 1. The molecule has 0 radical (unpaired) electrons. The van der Waals surface area contributed by atoms with Crippen molar-refractivity contribution in [3.05, 3.63) is 0 Å². The number of piperidine rings is 1. The zero-order chi connectivity index (χ0) is 11.4. The van der Waals surface area contributed by atoms with Gasteiger partial charge in [0, 0.05) is 13.1 Å². The van der Waals surface area contributed by atoms with Gasteiger partial charge in [-0.2, -0.15) is 0 Å². The van der Waals surface area contributed by atoms with Crippen molar-refractivity contribution >= 4 is 12.8 Å². The third kappa shape index (κ3) is 3.87. The number of hydrogen-bond acceptors (Lipinski definition) is 3. The van der Waals surface area contributed by atoms with Crippen LogP contribution in [-0.2, 0) is 9.59 Å². The maximum Gasteiger partial charge on any atom is 0.307 e. The average Bonchev–Trinajstić information content (AvgIpc) is 2.04. The Kier molecular flexibility index (Phi) is 4.77. The van der Waals surface area contributed by atoms with Gasteiger partial charge in [0.1, 0.15) is 6.79 Å². The molecule has 1 N–H and O–H groups in total. The molecule has 1 rings (SSSR count). The molecule has 1 unspecified atom stereocenters. The van der Waals surface area contributed by atoms with Crippen LogP contribution in [0, 0.1) is 11.3 Å². The highest BCUT2D eigenvalue weighted by Gasteiger charge is 2.34. The molecule has 1 atom stereocenters. The second-order valence-corrected chi connectivity index (χ2v) is 4.60. The first-order valence-corrected chi connectivity index (χ1v) is 4.61. The summed E-state index contributed by atoms with van der Waals surface area (Å²) < 4.78 is 0. The van der Waals surface area contributed by atoms with E-state index in [0.717, 1.165) is 13.0 Å². The molecule has 0 aromatic carbocycles. The van der Waals surface area contributed by atoms with Crippen LogP contribution < -0.4 is 0 Å². The summed E-state index contributed by atoms with van der Waals surface area (Å²) in [7, 11) is 1.98. The lowest BCUT2D eigenvalue weighted by Crippen LogP contribution is -2.44. The van der Waals surface area contributed by atoms with Crippen molar-refractivity contribution in [3.8, 4) is 0 Å². The first kappa shape index (κ1) is 13.1. The van der Waals surface area contributed by atoms with E-state index in [9.17, 15) is 4.79 Å². The number of carboxylic acid groups (broad SMARTS) is 1. The van der Waals surface area contributed by atoms with E-state index in [1.54, 1.807) is 0 Å². The molecule has 82 valence electrons. The molecule has 0 aliphatic carbocycles. The van der Waals surface area contributed by atoms with Crippen molar-refractivity contribution in [1.29, 1.82) is 0 Å². The molecule has 4 heteroatoms. The van der Waals surface area contributed by atoms with Gasteiger partial charge in [-0.1, -0.05) is 13.8 Å². The normalized spacial score (nSPS) is 26.1. The number of nitrogens with zero attached hydrogens (tertiary/aromatic N) is 1. The Morgan fingerprint density at radius 3 is 2.36 bits per heavy atom. The van der Waals surface area contributed by atoms with Crippen LogP contribution in [0.5, 0.6) is 0 Å². The number of carboxylic acids is 1. The Morgan fingerprint density at radius 2 is 2.00 bits per heavy atom. The minimum absolute atomic E-state index is 0.149. The number of carbonyl (C=O) groups excluding carboxylic acids is 1. The van der Waals surface area contributed by atoms with Gasteiger partial charge in [-0.3, -0.25) is 4.79 Å². The van der Waals surface area contributed by atoms with E-state index < -0.39 is 5.97 Å². The minimum Gasteiger partial charge on any atom is -0.481 e. The van der Waals surface area contributed by atoms with Gasteiger partial charge in [0.25, 0.3) is 0 Å². The van der Waals surface area contributed by atoms with Gasteiger partial charge >= 0.3 is 5.97 Å². The van der Waals surface area contributed by atoms with Crippen molar-refractivity contribution in [1.82, 2.24) is 4.90 Å². The van der Waals surface area contributed by atoms with E-state index in [4.69, 9.17) is 9.90 Å². The van der Waals surface area contributed by atoms with Crippen LogP contribution in [0.25, 0.3) is 0 Å². The van der Waals surface area contributed by atoms with E-state index in [2.05, 4.69) is 18.7 Å². The predicted molar refractivity (Wildman–Crippen MR) is 54.1 cm³/mol. The molecular formula is C10H19NO3. The van der Waals surface area contributed by atoms with Gasteiger partial charge in [-0.25, -0.2) is 0 Å². The molecule has 14 heavy (non-hydrogen) atoms. The Balaban J connectivity index is 0.000000791. The largest absolute Gasteiger partial charge is 0.481 e. The highest BCUT2D eigenvalue weighted by molar-refractivity contribution is 5.70. The van der Waals surface area contributed by atoms with Crippen molar-refractivity contribution in [3.63, 3.8) is 0 Å². The first-order valence-electron chi connectivity index (χ1n) is 4.61. The van der Waals surface area contributed by atoms with Crippen LogP contribution >= 0.6 is 0 Å². The zero-order valence-electron chi connectivity index (χ0n) is 9.12. The van der Waals surface area contributed by atoms with Gasteiger partial charge in [0.15, 0.2) is 0 Å². The fourth-order valence-corrected chi connectivity index (χ4v) is 2.13. The lowest BCUT2D eigenvalue weighted by Gasteiger charge is -2.39. The fourth-order valence-electron chi connectivity index (χ4n) is 2.13. The summed E-state index contributed by atoms with van der Waals surface area (Å²) in [4.78, 5) is 20.9. The third-order valence-electron chi connectivity index (χ3n) is 2.38. The summed E-state index contributed by atoms with van der Waals surface area (Å²) in [6, 6.07) is 0. The summed E-state index contributed by atoms with van der Waals surface area (Å²) in [5.41, 5.74) is 0.149. The molecule has 0 amide bonds. The standard InChI is InChI=1S/C9H17NO2.CH2O/c1-9(2)4-7(8(11)12)5-10(3)6-9;1-2/h7H,4-6H2,1-3H3,(H,11,12);1H2. The minimum atomic E-state index is -0.658. The molecule has 0 aromatic rings. The molecule has 1 saturated heterocycles. The topological polar surface area (TPSA) is 57.6 Å². The van der Waals surface area contributed by atoms with Gasteiger partial charge in [0.2, 0.25) is 0 Å². The molecule has 1 heterocycles. The van der Waals surface area contributed by atoms with Gasteiger partial charge in [-0.15, -0.1) is 0 Å². The average molecular weight is 201 g/mol. The second-order valence-electron chi connectivity index (χ2n) is 4.60. The maximum atomic E-state index is 10.8. The molecule has 1 fully saturated rings. The molecule has 0 spiro atoms.